The third-order valence-corrected chi connectivity index (χ3v) is 6.08. The van der Waals surface area contributed by atoms with E-state index in [1.54, 1.807) is 31.5 Å². The molecule has 2 aromatic carbocycles. The number of carbonyl (C=O) groups excluding carboxylic acids is 2. The number of rotatable bonds is 11. The first-order chi connectivity index (χ1) is 18.3. The van der Waals surface area contributed by atoms with Gasteiger partial charge in [-0.1, -0.05) is 12.6 Å². The largest absolute Gasteiger partial charge is 0.496 e. The third kappa shape index (κ3) is 5.65. The van der Waals surface area contributed by atoms with E-state index >= 15 is 0 Å². The number of hydrogen-bond acceptors (Lipinski definition) is 8. The Hall–Kier alpha value is -4.70. The molecule has 0 spiro atoms. The average molecular weight is 514 g/mol. The summed E-state index contributed by atoms with van der Waals surface area (Å²) >= 11 is 0. The number of nitrogens with zero attached hydrogens (tertiary/aromatic N) is 5. The van der Waals surface area contributed by atoms with Crippen molar-refractivity contribution < 1.29 is 14.3 Å². The van der Waals surface area contributed by atoms with Crippen LogP contribution in [0.15, 0.2) is 67.5 Å². The van der Waals surface area contributed by atoms with Crippen LogP contribution in [0.2, 0.25) is 0 Å². The topological polar surface area (TPSA) is 105 Å². The molecule has 0 fully saturated rings. The molecule has 4 rings (SSSR count). The van der Waals surface area contributed by atoms with Crippen molar-refractivity contribution in [3.8, 4) is 11.6 Å². The van der Waals surface area contributed by atoms with Gasteiger partial charge >= 0.3 is 0 Å². The van der Waals surface area contributed by atoms with Crippen molar-refractivity contribution in [3.05, 3.63) is 73.1 Å². The summed E-state index contributed by atoms with van der Waals surface area (Å²) in [6, 6.07) is 13.0. The lowest BCUT2D eigenvalue weighted by Crippen LogP contribution is -2.29. The minimum absolute atomic E-state index is 0.296. The highest BCUT2D eigenvalue weighted by Gasteiger charge is 2.16. The maximum Gasteiger partial charge on any atom is 0.247 e. The highest BCUT2D eigenvalue weighted by molar-refractivity contribution is 6.03. The quantitative estimate of drug-likeness (QED) is 0.228. The maximum atomic E-state index is 12.2. The SMILES string of the molecule is C=CC(=O)Nc1cc(Nc2nccc(-n3ccc4c(OC)cccc43)n2)c(C=O)cc1N(C)CCN(C)C. The molecule has 196 valence electrons. The molecule has 10 nitrogen and oxygen atoms in total. The predicted molar refractivity (Wildman–Crippen MR) is 151 cm³/mol. The number of amides is 1. The second-order valence-corrected chi connectivity index (χ2v) is 8.93. The van der Waals surface area contributed by atoms with Gasteiger partial charge in [-0.15, -0.1) is 0 Å². The van der Waals surface area contributed by atoms with E-state index in [1.807, 2.05) is 61.1 Å². The second-order valence-electron chi connectivity index (χ2n) is 8.93. The van der Waals surface area contributed by atoms with Crippen LogP contribution < -0.4 is 20.3 Å². The Morgan fingerprint density at radius 2 is 1.95 bits per heavy atom. The first-order valence-electron chi connectivity index (χ1n) is 12.0. The standard InChI is InChI=1S/C28H31N7O3/c1-6-27(37)30-22-17-21(19(18-36)16-24(22)34(4)15-14-33(2)3)31-28-29-12-10-26(32-28)35-13-11-20-23(35)8-7-9-25(20)38-5/h6-13,16-18H,1,14-15H2,2-5H3,(H,30,37)(H,29,31,32). The minimum Gasteiger partial charge on any atom is -0.496 e. The molecule has 38 heavy (non-hydrogen) atoms. The molecule has 0 saturated heterocycles. The number of aromatic nitrogens is 3. The fourth-order valence-corrected chi connectivity index (χ4v) is 4.06. The molecular formula is C28H31N7O3. The Balaban J connectivity index is 1.71. The van der Waals surface area contributed by atoms with Crippen molar-refractivity contribution in [2.75, 3.05) is 56.9 Å². The van der Waals surface area contributed by atoms with Crippen LogP contribution in [0.3, 0.4) is 0 Å². The smallest absolute Gasteiger partial charge is 0.247 e. The predicted octanol–water partition coefficient (Wildman–Crippen LogP) is 4.11. The molecule has 2 N–H and O–H groups in total. The van der Waals surface area contributed by atoms with E-state index < -0.39 is 0 Å². The first kappa shape index (κ1) is 26.4. The highest BCUT2D eigenvalue weighted by atomic mass is 16.5. The molecule has 0 atom stereocenters. The van der Waals surface area contributed by atoms with Crippen molar-refractivity contribution in [2.24, 2.45) is 0 Å². The van der Waals surface area contributed by atoms with Gasteiger partial charge in [-0.05, 0) is 56.6 Å². The molecule has 10 heteroatoms. The van der Waals surface area contributed by atoms with Gasteiger partial charge in [0.25, 0.3) is 0 Å². The summed E-state index contributed by atoms with van der Waals surface area (Å²) in [5.74, 6) is 1.35. The molecule has 0 aliphatic carbocycles. The van der Waals surface area contributed by atoms with Gasteiger partial charge in [0, 0.05) is 43.5 Å². The first-order valence-corrected chi connectivity index (χ1v) is 12.0. The van der Waals surface area contributed by atoms with Gasteiger partial charge in [-0.3, -0.25) is 9.59 Å². The molecule has 0 bridgehead atoms. The number of aldehydes is 1. The van der Waals surface area contributed by atoms with Crippen molar-refractivity contribution in [1.29, 1.82) is 0 Å². The maximum absolute atomic E-state index is 12.2. The lowest BCUT2D eigenvalue weighted by molar-refractivity contribution is -0.111. The highest BCUT2D eigenvalue weighted by Crippen LogP contribution is 2.33. The van der Waals surface area contributed by atoms with Gasteiger partial charge in [0.05, 0.1) is 29.7 Å². The molecule has 0 radical (unpaired) electrons. The van der Waals surface area contributed by atoms with E-state index in [0.29, 0.717) is 40.9 Å². The molecular weight excluding hydrogens is 482 g/mol. The van der Waals surface area contributed by atoms with Gasteiger partial charge in [0.1, 0.15) is 11.6 Å². The Labute approximate surface area is 221 Å². The molecule has 0 aliphatic rings. The number of ether oxygens (including phenoxy) is 1. The van der Waals surface area contributed by atoms with Crippen LogP contribution in [-0.2, 0) is 4.79 Å². The summed E-state index contributed by atoms with van der Waals surface area (Å²) in [5, 5.41) is 6.96. The molecule has 2 aromatic heterocycles. The number of anilines is 4. The van der Waals surface area contributed by atoms with Crippen LogP contribution in [0.25, 0.3) is 16.7 Å². The van der Waals surface area contributed by atoms with E-state index in [0.717, 1.165) is 29.5 Å². The van der Waals surface area contributed by atoms with Crippen molar-refractivity contribution >= 4 is 46.1 Å². The molecule has 4 aromatic rings. The normalized spacial score (nSPS) is 10.9. The number of fused-ring (bicyclic) bond motifs is 1. The summed E-state index contributed by atoms with van der Waals surface area (Å²) in [7, 11) is 7.52. The molecule has 0 aliphatic heterocycles. The summed E-state index contributed by atoms with van der Waals surface area (Å²) < 4.78 is 7.41. The van der Waals surface area contributed by atoms with E-state index in [2.05, 4.69) is 32.1 Å². The minimum atomic E-state index is -0.356. The summed E-state index contributed by atoms with van der Waals surface area (Å²) in [6.45, 7) is 5.03. The molecule has 1 amide bonds. The van der Waals surface area contributed by atoms with E-state index in [-0.39, 0.29) is 5.91 Å². The number of carbonyl (C=O) groups is 2. The van der Waals surface area contributed by atoms with E-state index in [9.17, 15) is 9.59 Å². The number of benzene rings is 2. The van der Waals surface area contributed by atoms with E-state index in [1.165, 1.54) is 6.08 Å². The van der Waals surface area contributed by atoms with Crippen LogP contribution in [0.1, 0.15) is 10.4 Å². The van der Waals surface area contributed by atoms with Gasteiger partial charge in [-0.25, -0.2) is 4.98 Å². The zero-order chi connectivity index (χ0) is 27.2. The number of likely N-dealkylation sites (N-methyl/N-ethyl adjacent to an activating group) is 2. The van der Waals surface area contributed by atoms with Crippen molar-refractivity contribution in [3.63, 3.8) is 0 Å². The lowest BCUT2D eigenvalue weighted by Gasteiger charge is -2.25. The molecule has 0 saturated carbocycles. The summed E-state index contributed by atoms with van der Waals surface area (Å²) in [4.78, 5) is 37.3. The second kappa shape index (κ2) is 11.6. The van der Waals surface area contributed by atoms with Gasteiger partial charge in [0.2, 0.25) is 11.9 Å². The fraction of sp³-hybridized carbons (Fsp3) is 0.214. The molecule has 2 heterocycles. The Morgan fingerprint density at radius 1 is 1.13 bits per heavy atom. The zero-order valence-corrected chi connectivity index (χ0v) is 21.9. The van der Waals surface area contributed by atoms with E-state index in [4.69, 9.17) is 4.74 Å². The van der Waals surface area contributed by atoms with Crippen LogP contribution in [0, 0.1) is 0 Å². The van der Waals surface area contributed by atoms with Gasteiger partial charge in [0.15, 0.2) is 6.29 Å². The monoisotopic (exact) mass is 513 g/mol. The number of hydrogen-bond donors (Lipinski definition) is 2. The summed E-state index contributed by atoms with van der Waals surface area (Å²) in [6.07, 6.45) is 5.52. The van der Waals surface area contributed by atoms with Crippen molar-refractivity contribution in [1.82, 2.24) is 19.4 Å². The van der Waals surface area contributed by atoms with Crippen LogP contribution in [-0.4, -0.2) is 73.0 Å². The number of methoxy groups -OCH3 is 1. The van der Waals surface area contributed by atoms with Crippen molar-refractivity contribution in [2.45, 2.75) is 0 Å². The molecule has 0 unspecified atom stereocenters. The van der Waals surface area contributed by atoms with Gasteiger partial charge < -0.3 is 29.7 Å². The van der Waals surface area contributed by atoms with Crippen LogP contribution >= 0.6 is 0 Å². The lowest BCUT2D eigenvalue weighted by atomic mass is 10.1. The third-order valence-electron chi connectivity index (χ3n) is 6.08. The Kier molecular flexibility index (Phi) is 8.03. The van der Waals surface area contributed by atoms with Gasteiger partial charge in [-0.2, -0.15) is 4.98 Å². The van der Waals surface area contributed by atoms with Crippen LogP contribution in [0.5, 0.6) is 5.75 Å². The van der Waals surface area contributed by atoms with Crippen LogP contribution in [0.4, 0.5) is 23.0 Å². The number of nitrogens with one attached hydrogen (secondary N) is 2. The summed E-state index contributed by atoms with van der Waals surface area (Å²) in [5.41, 5.74) is 3.03. The Bertz CT molecular complexity index is 1480. The zero-order valence-electron chi connectivity index (χ0n) is 21.9. The average Bonchev–Trinajstić information content (AvgIpc) is 3.36. The fourth-order valence-electron chi connectivity index (χ4n) is 4.06. The Morgan fingerprint density at radius 3 is 2.66 bits per heavy atom.